The SMILES string of the molecule is CC1CCN(S(=O)(=O)c2ccc(C(=O)Nc3ccnn3Cc3ccccc3Cl)cc2)CC1. The minimum atomic E-state index is -3.55. The molecule has 1 aliphatic rings. The number of piperidine rings is 1. The zero-order valence-corrected chi connectivity index (χ0v) is 19.3. The second-order valence-corrected chi connectivity index (χ2v) is 10.4. The summed E-state index contributed by atoms with van der Waals surface area (Å²) in [7, 11) is -3.55. The fourth-order valence-electron chi connectivity index (χ4n) is 3.69. The summed E-state index contributed by atoms with van der Waals surface area (Å²) in [6, 6.07) is 15.2. The number of halogens is 1. The Morgan fingerprint density at radius 3 is 2.47 bits per heavy atom. The van der Waals surface area contributed by atoms with Crippen LogP contribution in [0.15, 0.2) is 65.7 Å². The fourth-order valence-corrected chi connectivity index (χ4v) is 5.36. The summed E-state index contributed by atoms with van der Waals surface area (Å²) >= 11 is 6.23. The summed E-state index contributed by atoms with van der Waals surface area (Å²) < 4.78 is 28.9. The molecule has 1 aromatic heterocycles. The van der Waals surface area contributed by atoms with Crippen molar-refractivity contribution >= 4 is 33.3 Å². The van der Waals surface area contributed by atoms with E-state index >= 15 is 0 Å². The van der Waals surface area contributed by atoms with E-state index in [0.717, 1.165) is 18.4 Å². The third-order valence-corrected chi connectivity index (χ3v) is 8.01. The van der Waals surface area contributed by atoms with Crippen LogP contribution in [0, 0.1) is 5.92 Å². The molecule has 4 rings (SSSR count). The van der Waals surface area contributed by atoms with E-state index in [1.807, 2.05) is 18.2 Å². The number of sulfonamides is 1. The highest BCUT2D eigenvalue weighted by Crippen LogP contribution is 2.24. The molecule has 1 aliphatic heterocycles. The van der Waals surface area contributed by atoms with Gasteiger partial charge >= 0.3 is 0 Å². The van der Waals surface area contributed by atoms with Crippen LogP contribution in [0.3, 0.4) is 0 Å². The number of amides is 1. The number of hydrogen-bond acceptors (Lipinski definition) is 4. The average molecular weight is 473 g/mol. The van der Waals surface area contributed by atoms with Gasteiger partial charge in [-0.3, -0.25) is 4.79 Å². The maximum atomic E-state index is 12.9. The van der Waals surface area contributed by atoms with Gasteiger partial charge < -0.3 is 5.32 Å². The third-order valence-electron chi connectivity index (χ3n) is 5.73. The van der Waals surface area contributed by atoms with Gasteiger partial charge in [-0.1, -0.05) is 36.7 Å². The van der Waals surface area contributed by atoms with E-state index in [1.165, 1.54) is 28.6 Å². The monoisotopic (exact) mass is 472 g/mol. The number of aromatic nitrogens is 2. The van der Waals surface area contributed by atoms with Crippen molar-refractivity contribution < 1.29 is 13.2 Å². The molecule has 2 heterocycles. The molecule has 0 aliphatic carbocycles. The fraction of sp³-hybridized carbons (Fsp3) is 0.304. The lowest BCUT2D eigenvalue weighted by Crippen LogP contribution is -2.37. The van der Waals surface area contributed by atoms with Crippen molar-refractivity contribution in [3.8, 4) is 0 Å². The van der Waals surface area contributed by atoms with E-state index in [1.54, 1.807) is 23.0 Å². The number of anilines is 1. The quantitative estimate of drug-likeness (QED) is 0.581. The molecular weight excluding hydrogens is 448 g/mol. The molecule has 7 nitrogen and oxygen atoms in total. The van der Waals surface area contributed by atoms with Crippen LogP contribution in [0.25, 0.3) is 0 Å². The van der Waals surface area contributed by atoms with Gasteiger partial charge in [0.1, 0.15) is 5.82 Å². The first-order valence-corrected chi connectivity index (χ1v) is 12.3. The lowest BCUT2D eigenvalue weighted by molar-refractivity contribution is 0.102. The molecule has 0 atom stereocenters. The van der Waals surface area contributed by atoms with Gasteiger partial charge in [-0.25, -0.2) is 13.1 Å². The van der Waals surface area contributed by atoms with E-state index in [4.69, 9.17) is 11.6 Å². The number of nitrogens with one attached hydrogen (secondary N) is 1. The summed E-state index contributed by atoms with van der Waals surface area (Å²) in [4.78, 5) is 12.9. The molecule has 0 radical (unpaired) electrons. The largest absolute Gasteiger partial charge is 0.307 e. The highest BCUT2D eigenvalue weighted by Gasteiger charge is 2.28. The van der Waals surface area contributed by atoms with Gasteiger partial charge in [0, 0.05) is 29.7 Å². The van der Waals surface area contributed by atoms with Crippen LogP contribution in [0.2, 0.25) is 5.02 Å². The molecule has 0 spiro atoms. The van der Waals surface area contributed by atoms with E-state index in [0.29, 0.717) is 42.0 Å². The molecule has 3 aromatic rings. The summed E-state index contributed by atoms with van der Waals surface area (Å²) in [5.74, 6) is 0.717. The van der Waals surface area contributed by atoms with Crippen LogP contribution in [0.5, 0.6) is 0 Å². The Hall–Kier alpha value is -2.68. The van der Waals surface area contributed by atoms with Crippen molar-refractivity contribution in [1.29, 1.82) is 0 Å². The average Bonchev–Trinajstić information content (AvgIpc) is 3.22. The van der Waals surface area contributed by atoms with Crippen LogP contribution in [0.1, 0.15) is 35.7 Å². The lowest BCUT2D eigenvalue weighted by Gasteiger charge is -2.29. The summed E-state index contributed by atoms with van der Waals surface area (Å²) in [6.45, 7) is 3.61. The Morgan fingerprint density at radius 1 is 1.09 bits per heavy atom. The Labute approximate surface area is 193 Å². The van der Waals surface area contributed by atoms with E-state index < -0.39 is 10.0 Å². The first-order valence-electron chi connectivity index (χ1n) is 10.5. The summed E-state index contributed by atoms with van der Waals surface area (Å²) in [5, 5.41) is 7.72. The molecule has 1 fully saturated rings. The Kier molecular flexibility index (Phi) is 6.64. The Balaban J connectivity index is 1.45. The normalized spacial score (nSPS) is 15.6. The van der Waals surface area contributed by atoms with Crippen molar-refractivity contribution in [1.82, 2.24) is 14.1 Å². The van der Waals surface area contributed by atoms with E-state index in [-0.39, 0.29) is 10.8 Å². The number of nitrogens with zero attached hydrogens (tertiary/aromatic N) is 3. The van der Waals surface area contributed by atoms with Gasteiger partial charge in [-0.15, -0.1) is 0 Å². The van der Waals surface area contributed by atoms with Gasteiger partial charge in [0.05, 0.1) is 17.6 Å². The number of hydrogen-bond donors (Lipinski definition) is 1. The van der Waals surface area contributed by atoms with E-state index in [9.17, 15) is 13.2 Å². The first-order chi connectivity index (χ1) is 15.3. The first kappa shape index (κ1) is 22.5. The second-order valence-electron chi connectivity index (χ2n) is 8.03. The molecule has 32 heavy (non-hydrogen) atoms. The molecule has 0 unspecified atom stereocenters. The molecule has 168 valence electrons. The van der Waals surface area contributed by atoms with Gasteiger partial charge in [0.15, 0.2) is 0 Å². The van der Waals surface area contributed by atoms with Crippen molar-refractivity contribution in [3.05, 3.63) is 76.9 Å². The molecule has 9 heteroatoms. The molecule has 1 amide bonds. The third kappa shape index (κ3) is 4.87. The maximum Gasteiger partial charge on any atom is 0.256 e. The van der Waals surface area contributed by atoms with Gasteiger partial charge in [-0.05, 0) is 54.7 Å². The highest BCUT2D eigenvalue weighted by atomic mass is 35.5. The summed E-state index contributed by atoms with van der Waals surface area (Å²) in [5.41, 5.74) is 1.25. The van der Waals surface area contributed by atoms with Crippen LogP contribution < -0.4 is 5.32 Å². The standard InChI is InChI=1S/C23H25ClN4O3S/c1-17-11-14-27(15-12-17)32(30,31)20-8-6-18(7-9-20)23(29)26-22-10-13-25-28(22)16-19-4-2-3-5-21(19)24/h2-10,13,17H,11-12,14-16H2,1H3,(H,26,29). The molecule has 0 saturated carbocycles. The number of carbonyl (C=O) groups is 1. The van der Waals surface area contributed by atoms with Gasteiger partial charge in [0.25, 0.3) is 5.91 Å². The molecule has 0 bridgehead atoms. The van der Waals surface area contributed by atoms with Crippen LogP contribution in [-0.4, -0.2) is 41.5 Å². The van der Waals surface area contributed by atoms with Crippen LogP contribution in [0.4, 0.5) is 5.82 Å². The molecule has 1 saturated heterocycles. The maximum absolute atomic E-state index is 12.9. The predicted molar refractivity (Wildman–Crippen MR) is 124 cm³/mol. The van der Waals surface area contributed by atoms with Crippen LogP contribution in [-0.2, 0) is 16.6 Å². The molecule has 2 aromatic carbocycles. The Bertz CT molecular complexity index is 1200. The van der Waals surface area contributed by atoms with Crippen molar-refractivity contribution in [2.24, 2.45) is 5.92 Å². The highest BCUT2D eigenvalue weighted by molar-refractivity contribution is 7.89. The molecule has 1 N–H and O–H groups in total. The second kappa shape index (κ2) is 9.44. The lowest BCUT2D eigenvalue weighted by atomic mass is 10.0. The number of rotatable bonds is 6. The predicted octanol–water partition coefficient (Wildman–Crippen LogP) is 4.26. The zero-order valence-electron chi connectivity index (χ0n) is 17.7. The summed E-state index contributed by atoms with van der Waals surface area (Å²) in [6.07, 6.45) is 3.32. The molecular formula is C23H25ClN4O3S. The van der Waals surface area contributed by atoms with Crippen molar-refractivity contribution in [2.75, 3.05) is 18.4 Å². The van der Waals surface area contributed by atoms with Crippen molar-refractivity contribution in [2.45, 2.75) is 31.2 Å². The zero-order chi connectivity index (χ0) is 22.7. The number of carbonyl (C=O) groups excluding carboxylic acids is 1. The van der Waals surface area contributed by atoms with Gasteiger partial charge in [-0.2, -0.15) is 9.40 Å². The van der Waals surface area contributed by atoms with Gasteiger partial charge in [0.2, 0.25) is 10.0 Å². The van der Waals surface area contributed by atoms with E-state index in [2.05, 4.69) is 17.3 Å². The smallest absolute Gasteiger partial charge is 0.256 e. The topological polar surface area (TPSA) is 84.3 Å². The van der Waals surface area contributed by atoms with Crippen molar-refractivity contribution in [3.63, 3.8) is 0 Å². The minimum absolute atomic E-state index is 0.201. The minimum Gasteiger partial charge on any atom is -0.307 e. The Morgan fingerprint density at radius 2 is 1.78 bits per heavy atom. The van der Waals surface area contributed by atoms with Crippen LogP contribution >= 0.6 is 11.6 Å². The number of benzene rings is 2.